The normalized spacial score (nSPS) is 15.9. The Morgan fingerprint density at radius 1 is 1.30 bits per heavy atom. The van der Waals surface area contributed by atoms with Crippen LogP contribution in [0.5, 0.6) is 0 Å². The summed E-state index contributed by atoms with van der Waals surface area (Å²) < 4.78 is 0.864. The molecule has 1 unspecified atom stereocenters. The molecule has 1 aliphatic heterocycles. The lowest BCUT2D eigenvalue weighted by atomic mass is 10.1. The molecule has 158 valence electrons. The van der Waals surface area contributed by atoms with Crippen molar-refractivity contribution in [2.24, 2.45) is 5.73 Å². The maximum atomic E-state index is 12.5. The molecule has 0 spiro atoms. The highest BCUT2D eigenvalue weighted by molar-refractivity contribution is 9.11. The van der Waals surface area contributed by atoms with Gasteiger partial charge < -0.3 is 20.9 Å². The van der Waals surface area contributed by atoms with Gasteiger partial charge in [0.1, 0.15) is 0 Å². The minimum Gasteiger partial charge on any atom is -0.368 e. The number of thiophene rings is 1. The first-order chi connectivity index (χ1) is 14.2. The number of amides is 4. The van der Waals surface area contributed by atoms with Crippen molar-refractivity contribution in [3.63, 3.8) is 0 Å². The van der Waals surface area contributed by atoms with E-state index < -0.39 is 5.91 Å². The topological polar surface area (TPSA) is 113 Å². The predicted molar refractivity (Wildman–Crippen MR) is 118 cm³/mol. The van der Waals surface area contributed by atoms with Crippen molar-refractivity contribution >= 4 is 56.6 Å². The Morgan fingerprint density at radius 2 is 2.03 bits per heavy atom. The second kappa shape index (κ2) is 8.97. The fourth-order valence-electron chi connectivity index (χ4n) is 3.31. The van der Waals surface area contributed by atoms with Crippen LogP contribution in [0.4, 0.5) is 5.69 Å². The number of primary amides is 1. The minimum absolute atomic E-state index is 0.100. The van der Waals surface area contributed by atoms with Crippen molar-refractivity contribution in [3.05, 3.63) is 50.1 Å². The summed E-state index contributed by atoms with van der Waals surface area (Å²) in [6, 6.07) is 8.31. The first kappa shape index (κ1) is 22.0. The van der Waals surface area contributed by atoms with Crippen molar-refractivity contribution < 1.29 is 19.2 Å². The van der Waals surface area contributed by atoms with Gasteiger partial charge in [0.25, 0.3) is 11.8 Å². The van der Waals surface area contributed by atoms with E-state index in [9.17, 15) is 19.2 Å². The van der Waals surface area contributed by atoms with Crippen molar-refractivity contribution in [3.8, 4) is 0 Å². The van der Waals surface area contributed by atoms with E-state index in [0.29, 0.717) is 28.2 Å². The van der Waals surface area contributed by atoms with Crippen LogP contribution in [0.2, 0.25) is 0 Å². The van der Waals surface area contributed by atoms with Crippen LogP contribution in [0.25, 0.3) is 0 Å². The molecule has 1 aromatic heterocycles. The maximum absolute atomic E-state index is 12.5. The SMILES string of the molecule is Cc1cc(N2CC(NC(=O)c3ccc(Br)s3)CC2=O)ccc1C(=O)N(C)CC(N)=O. The van der Waals surface area contributed by atoms with Gasteiger partial charge in [0, 0.05) is 31.3 Å². The van der Waals surface area contributed by atoms with Crippen LogP contribution in [0.15, 0.2) is 34.1 Å². The van der Waals surface area contributed by atoms with E-state index in [0.717, 1.165) is 3.79 Å². The molecule has 0 bridgehead atoms. The molecule has 1 aliphatic rings. The Kier molecular flexibility index (Phi) is 6.57. The Balaban J connectivity index is 1.69. The molecule has 3 rings (SSSR count). The van der Waals surface area contributed by atoms with Crippen LogP contribution in [-0.2, 0) is 9.59 Å². The summed E-state index contributed by atoms with van der Waals surface area (Å²) in [6.07, 6.45) is 0.208. The molecule has 1 aromatic carbocycles. The van der Waals surface area contributed by atoms with E-state index >= 15 is 0 Å². The first-order valence-corrected chi connectivity index (χ1v) is 10.8. The lowest BCUT2D eigenvalue weighted by Crippen LogP contribution is -2.37. The molecule has 2 heterocycles. The smallest absolute Gasteiger partial charge is 0.261 e. The molecule has 1 atom stereocenters. The van der Waals surface area contributed by atoms with E-state index in [1.165, 1.54) is 23.3 Å². The number of halogens is 1. The molecule has 10 heteroatoms. The average molecular weight is 493 g/mol. The number of rotatable bonds is 6. The highest BCUT2D eigenvalue weighted by atomic mass is 79.9. The summed E-state index contributed by atoms with van der Waals surface area (Å²) in [4.78, 5) is 51.8. The van der Waals surface area contributed by atoms with E-state index in [-0.39, 0.29) is 36.7 Å². The first-order valence-electron chi connectivity index (χ1n) is 9.16. The highest BCUT2D eigenvalue weighted by Crippen LogP contribution is 2.26. The summed E-state index contributed by atoms with van der Waals surface area (Å²) >= 11 is 4.66. The third-order valence-electron chi connectivity index (χ3n) is 4.75. The van der Waals surface area contributed by atoms with E-state index in [2.05, 4.69) is 21.2 Å². The van der Waals surface area contributed by atoms with Crippen LogP contribution in [0.1, 0.15) is 32.0 Å². The van der Waals surface area contributed by atoms with Crippen molar-refractivity contribution in [2.75, 3.05) is 25.0 Å². The number of nitrogens with two attached hydrogens (primary N) is 1. The Labute approximate surface area is 186 Å². The zero-order valence-corrected chi connectivity index (χ0v) is 18.9. The fourth-order valence-corrected chi connectivity index (χ4v) is 4.60. The van der Waals surface area contributed by atoms with Gasteiger partial charge in [-0.1, -0.05) is 0 Å². The van der Waals surface area contributed by atoms with E-state index in [1.54, 1.807) is 42.2 Å². The Morgan fingerprint density at radius 3 is 2.63 bits per heavy atom. The van der Waals surface area contributed by atoms with Gasteiger partial charge in [-0.15, -0.1) is 11.3 Å². The summed E-state index contributed by atoms with van der Waals surface area (Å²) in [5.41, 5.74) is 6.91. The summed E-state index contributed by atoms with van der Waals surface area (Å²) in [7, 11) is 1.50. The molecule has 8 nitrogen and oxygen atoms in total. The number of anilines is 1. The molecule has 2 aromatic rings. The van der Waals surface area contributed by atoms with Crippen LogP contribution in [0, 0.1) is 6.92 Å². The van der Waals surface area contributed by atoms with Gasteiger partial charge in [-0.05, 0) is 58.7 Å². The number of likely N-dealkylation sites (N-methyl/N-ethyl adjacent to an activating group) is 1. The molecule has 0 radical (unpaired) electrons. The van der Waals surface area contributed by atoms with Crippen LogP contribution in [-0.4, -0.2) is 54.7 Å². The van der Waals surface area contributed by atoms with Gasteiger partial charge in [0.2, 0.25) is 11.8 Å². The maximum Gasteiger partial charge on any atom is 0.261 e. The van der Waals surface area contributed by atoms with Crippen molar-refractivity contribution in [2.45, 2.75) is 19.4 Å². The Hall–Kier alpha value is -2.72. The number of hydrogen-bond donors (Lipinski definition) is 2. The largest absolute Gasteiger partial charge is 0.368 e. The van der Waals surface area contributed by atoms with Gasteiger partial charge in [0.15, 0.2) is 0 Å². The molecule has 0 aliphatic carbocycles. The summed E-state index contributed by atoms with van der Waals surface area (Å²) in [5.74, 6) is -1.22. The Bertz CT molecular complexity index is 1020. The third kappa shape index (κ3) is 4.88. The number of carbonyl (C=O) groups excluding carboxylic acids is 4. The minimum atomic E-state index is -0.592. The monoisotopic (exact) mass is 492 g/mol. The van der Waals surface area contributed by atoms with Crippen molar-refractivity contribution in [1.82, 2.24) is 10.2 Å². The quantitative estimate of drug-likeness (QED) is 0.640. The number of hydrogen-bond acceptors (Lipinski definition) is 5. The van der Waals surface area contributed by atoms with Gasteiger partial charge in [-0.25, -0.2) is 0 Å². The molecule has 3 N–H and O–H groups in total. The predicted octanol–water partition coefficient (Wildman–Crippen LogP) is 1.91. The van der Waals surface area contributed by atoms with Gasteiger partial charge >= 0.3 is 0 Å². The molecular weight excluding hydrogens is 472 g/mol. The van der Waals surface area contributed by atoms with E-state index in [4.69, 9.17) is 5.73 Å². The van der Waals surface area contributed by atoms with Gasteiger partial charge in [-0.2, -0.15) is 0 Å². The number of carbonyl (C=O) groups is 4. The third-order valence-corrected chi connectivity index (χ3v) is 6.37. The van der Waals surface area contributed by atoms with Crippen LogP contribution in [0.3, 0.4) is 0 Å². The van der Waals surface area contributed by atoms with Gasteiger partial charge in [-0.3, -0.25) is 19.2 Å². The molecule has 30 heavy (non-hydrogen) atoms. The second-order valence-electron chi connectivity index (χ2n) is 7.11. The number of benzene rings is 1. The lowest BCUT2D eigenvalue weighted by molar-refractivity contribution is -0.118. The standard InChI is InChI=1S/C20H21BrN4O4S/c1-11-7-13(3-4-14(11)20(29)24(2)10-17(22)26)25-9-12(8-18(25)27)23-19(28)15-5-6-16(21)30-15/h3-7,12H,8-10H2,1-2H3,(H2,22,26)(H,23,28). The van der Waals surface area contributed by atoms with Gasteiger partial charge in [0.05, 0.1) is 21.3 Å². The zero-order chi connectivity index (χ0) is 22.0. The molecule has 4 amide bonds. The number of nitrogens with one attached hydrogen (secondary N) is 1. The number of aryl methyl sites for hydroxylation is 1. The molecule has 0 saturated carbocycles. The molecule has 1 fully saturated rings. The van der Waals surface area contributed by atoms with Crippen LogP contribution >= 0.6 is 27.3 Å². The van der Waals surface area contributed by atoms with E-state index in [1.807, 2.05) is 0 Å². The average Bonchev–Trinajstić information content (AvgIpc) is 3.26. The second-order valence-corrected chi connectivity index (χ2v) is 9.57. The highest BCUT2D eigenvalue weighted by Gasteiger charge is 2.32. The van der Waals surface area contributed by atoms with Crippen molar-refractivity contribution in [1.29, 1.82) is 0 Å². The zero-order valence-electron chi connectivity index (χ0n) is 16.5. The molecular formula is C20H21BrN4O4S. The summed E-state index contributed by atoms with van der Waals surface area (Å²) in [6.45, 7) is 1.95. The molecule has 1 saturated heterocycles. The fraction of sp³-hybridized carbons (Fsp3) is 0.300. The lowest BCUT2D eigenvalue weighted by Gasteiger charge is -2.20. The summed E-state index contributed by atoms with van der Waals surface area (Å²) in [5, 5.41) is 2.90. The number of nitrogens with zero attached hydrogens (tertiary/aromatic N) is 2. The van der Waals surface area contributed by atoms with Crippen LogP contribution < -0.4 is 16.0 Å².